The molecule has 1 aliphatic rings. The fourth-order valence-corrected chi connectivity index (χ4v) is 3.63. The van der Waals surface area contributed by atoms with Crippen molar-refractivity contribution in [1.82, 2.24) is 14.9 Å². The van der Waals surface area contributed by atoms with Crippen LogP contribution in [0.1, 0.15) is 48.4 Å². The second kappa shape index (κ2) is 7.48. The minimum atomic E-state index is -0.421. The lowest BCUT2D eigenvalue weighted by atomic mass is 10.0. The summed E-state index contributed by atoms with van der Waals surface area (Å²) in [5.41, 5.74) is 0.391. The summed E-state index contributed by atoms with van der Waals surface area (Å²) in [6.45, 7) is 2.72. The average Bonchev–Trinajstić information content (AvgIpc) is 3.27. The van der Waals surface area contributed by atoms with Gasteiger partial charge in [0.05, 0.1) is 18.2 Å². The van der Waals surface area contributed by atoms with E-state index in [2.05, 4.69) is 15.3 Å². The minimum absolute atomic E-state index is 0.0697. The van der Waals surface area contributed by atoms with Gasteiger partial charge in [-0.25, -0.2) is 14.6 Å². The molecule has 1 atom stereocenters. The van der Waals surface area contributed by atoms with E-state index in [1.54, 1.807) is 35.7 Å². The highest BCUT2D eigenvalue weighted by molar-refractivity contribution is 7.14. The van der Waals surface area contributed by atoms with Crippen LogP contribution in [0.25, 0.3) is 0 Å². The number of carbonyl (C=O) groups is 2. The number of urea groups is 1. The molecule has 7 nitrogen and oxygen atoms in total. The fourth-order valence-electron chi connectivity index (χ4n) is 2.86. The number of ether oxygens (including phenoxy) is 1. The van der Waals surface area contributed by atoms with E-state index in [0.29, 0.717) is 23.7 Å². The maximum atomic E-state index is 12.7. The number of esters is 1. The number of H-pyrrole nitrogens is 1. The number of rotatable bonds is 4. The molecule has 2 N–H and O–H groups in total. The van der Waals surface area contributed by atoms with Crippen LogP contribution in [0.15, 0.2) is 23.8 Å². The number of thiophene rings is 1. The Hall–Kier alpha value is -2.35. The predicted molar refractivity (Wildman–Crippen MR) is 91.2 cm³/mol. The van der Waals surface area contributed by atoms with Gasteiger partial charge in [0, 0.05) is 18.9 Å². The molecule has 1 fully saturated rings. The highest BCUT2D eigenvalue weighted by Gasteiger charge is 2.30. The van der Waals surface area contributed by atoms with E-state index in [1.807, 2.05) is 0 Å². The second-order valence-corrected chi connectivity index (χ2v) is 6.41. The highest BCUT2D eigenvalue weighted by Crippen LogP contribution is 2.31. The number of anilines is 1. The van der Waals surface area contributed by atoms with E-state index < -0.39 is 5.97 Å². The van der Waals surface area contributed by atoms with Gasteiger partial charge in [0.2, 0.25) is 0 Å². The van der Waals surface area contributed by atoms with Crippen molar-refractivity contribution in [1.29, 1.82) is 0 Å². The Morgan fingerprint density at radius 1 is 1.50 bits per heavy atom. The molecule has 1 saturated heterocycles. The molecule has 0 bridgehead atoms. The van der Waals surface area contributed by atoms with Crippen LogP contribution in [-0.2, 0) is 4.74 Å². The van der Waals surface area contributed by atoms with Crippen LogP contribution in [0.4, 0.5) is 9.80 Å². The number of likely N-dealkylation sites (tertiary alicyclic amines) is 1. The van der Waals surface area contributed by atoms with E-state index in [-0.39, 0.29) is 12.1 Å². The van der Waals surface area contributed by atoms with Crippen molar-refractivity contribution in [2.24, 2.45) is 0 Å². The summed E-state index contributed by atoms with van der Waals surface area (Å²) >= 11 is 1.31. The minimum Gasteiger partial charge on any atom is -0.462 e. The molecule has 0 spiro atoms. The Morgan fingerprint density at radius 3 is 3.12 bits per heavy atom. The number of aromatic amines is 1. The first kappa shape index (κ1) is 16.5. The number of nitrogens with zero attached hydrogens (tertiary/aromatic N) is 2. The van der Waals surface area contributed by atoms with Crippen molar-refractivity contribution in [3.05, 3.63) is 35.2 Å². The van der Waals surface area contributed by atoms with Gasteiger partial charge in [0.25, 0.3) is 0 Å². The van der Waals surface area contributed by atoms with Crippen LogP contribution >= 0.6 is 11.3 Å². The van der Waals surface area contributed by atoms with Gasteiger partial charge in [-0.3, -0.25) is 5.32 Å². The number of hydrogen-bond donors (Lipinski definition) is 2. The molecular formula is C16H20N4O3S. The molecular weight excluding hydrogens is 328 g/mol. The van der Waals surface area contributed by atoms with Crippen molar-refractivity contribution in [3.8, 4) is 0 Å². The van der Waals surface area contributed by atoms with Gasteiger partial charge in [0.1, 0.15) is 10.8 Å². The van der Waals surface area contributed by atoms with E-state index in [1.165, 1.54) is 11.3 Å². The maximum Gasteiger partial charge on any atom is 0.341 e. The Labute approximate surface area is 144 Å². The summed E-state index contributed by atoms with van der Waals surface area (Å²) in [4.78, 5) is 33.8. The average molecular weight is 348 g/mol. The Bertz CT molecular complexity index is 698. The molecule has 2 aromatic heterocycles. The maximum absolute atomic E-state index is 12.7. The van der Waals surface area contributed by atoms with Crippen LogP contribution in [0, 0.1) is 0 Å². The lowest BCUT2D eigenvalue weighted by molar-refractivity contribution is 0.0528. The van der Waals surface area contributed by atoms with Crippen LogP contribution in [-0.4, -0.2) is 40.0 Å². The first-order chi connectivity index (χ1) is 11.7. The third-order valence-electron chi connectivity index (χ3n) is 3.98. The molecule has 0 saturated carbocycles. The number of piperidine rings is 1. The summed E-state index contributed by atoms with van der Waals surface area (Å²) in [5, 5.41) is 5.14. The van der Waals surface area contributed by atoms with Crippen molar-refractivity contribution in [3.63, 3.8) is 0 Å². The number of hydrogen-bond acceptors (Lipinski definition) is 5. The Kier molecular flexibility index (Phi) is 5.14. The van der Waals surface area contributed by atoms with Gasteiger partial charge >= 0.3 is 12.0 Å². The largest absolute Gasteiger partial charge is 0.462 e. The van der Waals surface area contributed by atoms with Crippen LogP contribution in [0.2, 0.25) is 0 Å². The molecule has 2 aromatic rings. The summed E-state index contributed by atoms with van der Waals surface area (Å²) in [5.74, 6) is 0.372. The van der Waals surface area contributed by atoms with Crippen molar-refractivity contribution >= 4 is 28.3 Å². The van der Waals surface area contributed by atoms with E-state index in [4.69, 9.17) is 4.74 Å². The van der Waals surface area contributed by atoms with Gasteiger partial charge in [0.15, 0.2) is 0 Å². The number of imidazole rings is 1. The number of nitrogens with one attached hydrogen (secondary N) is 2. The SMILES string of the molecule is CCOC(=O)c1ccsc1NC(=O)N1CCCC[C@H]1c1ncc[nH]1. The standard InChI is InChI=1S/C16H20N4O3S/c1-2-23-15(21)11-6-10-24-14(11)19-16(22)20-9-4-3-5-12(20)13-17-7-8-18-13/h6-8,10,12H,2-5,9H2,1H3,(H,17,18)(H,19,22)/t12-/m0/s1. The highest BCUT2D eigenvalue weighted by atomic mass is 32.1. The van der Waals surface area contributed by atoms with Crippen molar-refractivity contribution in [2.45, 2.75) is 32.2 Å². The van der Waals surface area contributed by atoms with Gasteiger partial charge in [-0.2, -0.15) is 0 Å². The number of aromatic nitrogens is 2. The molecule has 8 heteroatoms. The lowest BCUT2D eigenvalue weighted by Crippen LogP contribution is -2.41. The zero-order chi connectivity index (χ0) is 16.9. The molecule has 1 aliphatic heterocycles. The van der Waals surface area contributed by atoms with Crippen LogP contribution in [0.3, 0.4) is 0 Å². The van der Waals surface area contributed by atoms with Crippen LogP contribution in [0.5, 0.6) is 0 Å². The second-order valence-electron chi connectivity index (χ2n) is 5.49. The molecule has 128 valence electrons. The monoisotopic (exact) mass is 348 g/mol. The third-order valence-corrected chi connectivity index (χ3v) is 4.81. The van der Waals surface area contributed by atoms with Crippen LogP contribution < -0.4 is 5.32 Å². The zero-order valence-electron chi connectivity index (χ0n) is 13.4. The van der Waals surface area contributed by atoms with Gasteiger partial charge < -0.3 is 14.6 Å². The Morgan fingerprint density at radius 2 is 2.38 bits per heavy atom. The molecule has 0 aliphatic carbocycles. The first-order valence-electron chi connectivity index (χ1n) is 8.02. The summed E-state index contributed by atoms with van der Waals surface area (Å²) < 4.78 is 5.02. The summed E-state index contributed by atoms with van der Waals surface area (Å²) in [7, 11) is 0. The quantitative estimate of drug-likeness (QED) is 0.829. The molecule has 0 radical (unpaired) electrons. The molecule has 0 unspecified atom stereocenters. The fraction of sp³-hybridized carbons (Fsp3) is 0.438. The molecule has 24 heavy (non-hydrogen) atoms. The number of amides is 2. The number of carbonyl (C=O) groups excluding carboxylic acids is 2. The molecule has 2 amide bonds. The lowest BCUT2D eigenvalue weighted by Gasteiger charge is -2.34. The Balaban J connectivity index is 1.74. The predicted octanol–water partition coefficient (Wildman–Crippen LogP) is 3.41. The van der Waals surface area contributed by atoms with E-state index >= 15 is 0 Å². The molecule has 3 heterocycles. The third kappa shape index (κ3) is 3.43. The molecule has 0 aromatic carbocycles. The first-order valence-corrected chi connectivity index (χ1v) is 8.90. The van der Waals surface area contributed by atoms with Gasteiger partial charge in [-0.05, 0) is 37.6 Å². The zero-order valence-corrected chi connectivity index (χ0v) is 14.3. The topological polar surface area (TPSA) is 87.3 Å². The van der Waals surface area contributed by atoms with Crippen molar-refractivity contribution < 1.29 is 14.3 Å². The van der Waals surface area contributed by atoms with E-state index in [9.17, 15) is 9.59 Å². The summed E-state index contributed by atoms with van der Waals surface area (Å²) in [6, 6.07) is 1.38. The van der Waals surface area contributed by atoms with Gasteiger partial charge in [-0.1, -0.05) is 0 Å². The van der Waals surface area contributed by atoms with Gasteiger partial charge in [-0.15, -0.1) is 11.3 Å². The summed E-state index contributed by atoms with van der Waals surface area (Å²) in [6.07, 6.45) is 6.34. The van der Waals surface area contributed by atoms with E-state index in [0.717, 1.165) is 25.1 Å². The smallest absolute Gasteiger partial charge is 0.341 e. The molecule has 3 rings (SSSR count). The normalized spacial score (nSPS) is 17.5. The van der Waals surface area contributed by atoms with Crippen molar-refractivity contribution in [2.75, 3.05) is 18.5 Å².